The third-order valence-electron chi connectivity index (χ3n) is 1.34. The maximum atomic E-state index is 11.9. The van der Waals surface area contributed by atoms with Crippen LogP contribution in [0.15, 0.2) is 22.7 Å². The van der Waals surface area contributed by atoms with Crippen LogP contribution in [0.25, 0.3) is 0 Å². The molecular formula is C7H3BrF3NO3. The summed E-state index contributed by atoms with van der Waals surface area (Å²) >= 11 is 2.88. The summed E-state index contributed by atoms with van der Waals surface area (Å²) in [6.45, 7) is 0. The van der Waals surface area contributed by atoms with Gasteiger partial charge >= 0.3 is 12.0 Å². The predicted molar refractivity (Wildman–Crippen MR) is 47.5 cm³/mol. The maximum Gasteiger partial charge on any atom is 0.573 e. The van der Waals surface area contributed by atoms with Crippen LogP contribution < -0.4 is 4.74 Å². The smallest absolute Gasteiger partial charge is 0.398 e. The Hall–Kier alpha value is -1.31. The Morgan fingerprint density at radius 3 is 2.47 bits per heavy atom. The Balaban J connectivity index is 3.13. The molecule has 1 rings (SSSR count). The minimum Gasteiger partial charge on any atom is -0.398 e. The molecule has 0 bridgehead atoms. The van der Waals surface area contributed by atoms with Gasteiger partial charge in [0, 0.05) is 16.6 Å². The number of ether oxygens (including phenoxy) is 1. The van der Waals surface area contributed by atoms with Crippen LogP contribution in [-0.4, -0.2) is 11.3 Å². The minimum atomic E-state index is -4.95. The Morgan fingerprint density at radius 1 is 1.40 bits per heavy atom. The summed E-state index contributed by atoms with van der Waals surface area (Å²) in [7, 11) is 0. The molecule has 0 aliphatic rings. The van der Waals surface area contributed by atoms with Crippen molar-refractivity contribution in [2.75, 3.05) is 0 Å². The van der Waals surface area contributed by atoms with Crippen LogP contribution in [0.5, 0.6) is 5.75 Å². The van der Waals surface area contributed by atoms with Crippen molar-refractivity contribution in [3.05, 3.63) is 32.8 Å². The summed E-state index contributed by atoms with van der Waals surface area (Å²) in [6.07, 6.45) is -4.95. The van der Waals surface area contributed by atoms with E-state index in [1.807, 2.05) is 0 Å². The number of hydrogen-bond donors (Lipinski definition) is 0. The molecule has 0 N–H and O–H groups in total. The highest BCUT2D eigenvalue weighted by Gasteiger charge is 2.34. The van der Waals surface area contributed by atoms with Crippen molar-refractivity contribution in [1.29, 1.82) is 0 Å². The van der Waals surface area contributed by atoms with E-state index in [-0.39, 0.29) is 4.47 Å². The van der Waals surface area contributed by atoms with Crippen molar-refractivity contribution in [2.24, 2.45) is 0 Å². The number of alkyl halides is 3. The molecule has 4 nitrogen and oxygen atoms in total. The van der Waals surface area contributed by atoms with Crippen LogP contribution in [0.2, 0.25) is 0 Å². The van der Waals surface area contributed by atoms with Gasteiger partial charge in [-0.2, -0.15) is 0 Å². The van der Waals surface area contributed by atoms with Gasteiger partial charge < -0.3 is 4.74 Å². The highest BCUT2D eigenvalue weighted by atomic mass is 79.9. The van der Waals surface area contributed by atoms with E-state index in [4.69, 9.17) is 0 Å². The zero-order valence-corrected chi connectivity index (χ0v) is 8.50. The fourth-order valence-corrected chi connectivity index (χ4v) is 1.19. The van der Waals surface area contributed by atoms with E-state index >= 15 is 0 Å². The number of nitro groups is 1. The number of rotatable bonds is 2. The first-order chi connectivity index (χ1) is 6.79. The van der Waals surface area contributed by atoms with Gasteiger partial charge in [0.25, 0.3) is 0 Å². The molecule has 0 amide bonds. The summed E-state index contributed by atoms with van der Waals surface area (Å²) in [5.74, 6) is -0.845. The molecule has 0 aliphatic heterocycles. The van der Waals surface area contributed by atoms with Crippen molar-refractivity contribution in [3.63, 3.8) is 0 Å². The lowest BCUT2D eigenvalue weighted by atomic mass is 10.3. The monoisotopic (exact) mass is 285 g/mol. The predicted octanol–water partition coefficient (Wildman–Crippen LogP) is 3.26. The second-order valence-electron chi connectivity index (χ2n) is 2.42. The first kappa shape index (κ1) is 11.8. The Morgan fingerprint density at radius 2 is 2.00 bits per heavy atom. The van der Waals surface area contributed by atoms with Gasteiger partial charge in [0.15, 0.2) is 0 Å². The average Bonchev–Trinajstić information content (AvgIpc) is 1.99. The topological polar surface area (TPSA) is 52.4 Å². The lowest BCUT2D eigenvalue weighted by molar-refractivity contribution is -0.388. The normalized spacial score (nSPS) is 11.2. The lowest BCUT2D eigenvalue weighted by Crippen LogP contribution is -2.17. The van der Waals surface area contributed by atoms with Gasteiger partial charge in [-0.15, -0.1) is 13.2 Å². The van der Waals surface area contributed by atoms with Crippen molar-refractivity contribution in [3.8, 4) is 5.75 Å². The second kappa shape index (κ2) is 4.05. The van der Waals surface area contributed by atoms with E-state index < -0.39 is 22.7 Å². The van der Waals surface area contributed by atoms with Crippen LogP contribution in [-0.2, 0) is 0 Å². The van der Waals surface area contributed by atoms with Crippen molar-refractivity contribution < 1.29 is 22.8 Å². The van der Waals surface area contributed by atoms with E-state index in [1.54, 1.807) is 0 Å². The van der Waals surface area contributed by atoms with Gasteiger partial charge in [0.2, 0.25) is 5.75 Å². The molecule has 0 saturated heterocycles. The molecular weight excluding hydrogens is 283 g/mol. The lowest BCUT2D eigenvalue weighted by Gasteiger charge is -2.08. The summed E-state index contributed by atoms with van der Waals surface area (Å²) in [5, 5.41) is 10.4. The standard InChI is InChI=1S/C7H3BrF3NO3/c8-4-1-2-5(12(13)14)6(3-4)15-7(9,10)11/h1-3H. The van der Waals surface area contributed by atoms with Crippen molar-refractivity contribution in [2.45, 2.75) is 6.36 Å². The first-order valence-electron chi connectivity index (χ1n) is 3.49. The number of nitrogens with zero attached hydrogens (tertiary/aromatic N) is 1. The molecule has 1 aromatic rings. The number of nitro benzene ring substituents is 1. The van der Waals surface area contributed by atoms with Gasteiger partial charge in [-0.3, -0.25) is 10.1 Å². The van der Waals surface area contributed by atoms with Gasteiger partial charge in [-0.1, -0.05) is 15.9 Å². The SMILES string of the molecule is O=[N+]([O-])c1ccc(Br)cc1OC(F)(F)F. The summed E-state index contributed by atoms with van der Waals surface area (Å²) in [5.41, 5.74) is -0.740. The summed E-state index contributed by atoms with van der Waals surface area (Å²) in [4.78, 5) is 9.41. The molecule has 8 heteroatoms. The van der Waals surface area contributed by atoms with Crippen LogP contribution in [0.4, 0.5) is 18.9 Å². The van der Waals surface area contributed by atoms with Crippen molar-refractivity contribution in [1.82, 2.24) is 0 Å². The molecule has 0 saturated carbocycles. The molecule has 15 heavy (non-hydrogen) atoms. The molecule has 0 aliphatic carbocycles. The van der Waals surface area contributed by atoms with Gasteiger partial charge in [0.1, 0.15) is 0 Å². The second-order valence-corrected chi connectivity index (χ2v) is 3.33. The Kier molecular flexibility index (Phi) is 3.18. The largest absolute Gasteiger partial charge is 0.573 e. The summed E-state index contributed by atoms with van der Waals surface area (Å²) < 4.78 is 39.3. The molecule has 0 spiro atoms. The molecule has 0 heterocycles. The van der Waals surface area contributed by atoms with E-state index in [0.717, 1.165) is 12.1 Å². The maximum absolute atomic E-state index is 11.9. The summed E-state index contributed by atoms with van der Waals surface area (Å²) in [6, 6.07) is 3.05. The van der Waals surface area contributed by atoms with Crippen molar-refractivity contribution >= 4 is 21.6 Å². The number of benzene rings is 1. The zero-order chi connectivity index (χ0) is 11.6. The Bertz CT molecular complexity index is 394. The molecule has 0 unspecified atom stereocenters. The van der Waals surface area contributed by atoms with E-state index in [9.17, 15) is 23.3 Å². The van der Waals surface area contributed by atoms with Gasteiger partial charge in [-0.05, 0) is 6.07 Å². The zero-order valence-electron chi connectivity index (χ0n) is 6.92. The molecule has 1 aromatic carbocycles. The molecule has 0 fully saturated rings. The number of hydrogen-bond acceptors (Lipinski definition) is 3. The van der Waals surface area contributed by atoms with Crippen LogP contribution in [0, 0.1) is 10.1 Å². The van der Waals surface area contributed by atoms with Crippen LogP contribution in [0.3, 0.4) is 0 Å². The molecule has 0 aromatic heterocycles. The molecule has 0 atom stereocenters. The van der Waals surface area contributed by atoms with E-state index in [2.05, 4.69) is 20.7 Å². The molecule has 82 valence electrons. The van der Waals surface area contributed by atoms with Crippen LogP contribution >= 0.6 is 15.9 Å². The fraction of sp³-hybridized carbons (Fsp3) is 0.143. The highest BCUT2D eigenvalue weighted by Crippen LogP contribution is 2.34. The van der Waals surface area contributed by atoms with E-state index in [0.29, 0.717) is 0 Å². The van der Waals surface area contributed by atoms with Crippen LogP contribution in [0.1, 0.15) is 0 Å². The minimum absolute atomic E-state index is 0.257. The third kappa shape index (κ3) is 3.39. The van der Waals surface area contributed by atoms with E-state index in [1.165, 1.54) is 6.07 Å². The Labute approximate surface area is 89.9 Å². The number of halogens is 4. The molecule has 0 radical (unpaired) electrons. The average molecular weight is 286 g/mol. The first-order valence-corrected chi connectivity index (χ1v) is 4.28. The van der Waals surface area contributed by atoms with Gasteiger partial charge in [0.05, 0.1) is 4.92 Å². The third-order valence-corrected chi connectivity index (χ3v) is 1.84. The van der Waals surface area contributed by atoms with Gasteiger partial charge in [-0.25, -0.2) is 0 Å². The fourth-order valence-electron chi connectivity index (χ4n) is 0.845. The quantitative estimate of drug-likeness (QED) is 0.619. The highest BCUT2D eigenvalue weighted by molar-refractivity contribution is 9.10.